The molecule has 1 N–H and O–H groups in total. The topological polar surface area (TPSA) is 29.1 Å². The molecule has 94 valence electrons. The summed E-state index contributed by atoms with van der Waals surface area (Å²) < 4.78 is 0.739. The second-order valence-corrected chi connectivity index (χ2v) is 6.46. The highest BCUT2D eigenvalue weighted by Gasteiger charge is 2.11. The Bertz CT molecular complexity index is 412. The van der Waals surface area contributed by atoms with Gasteiger partial charge in [0.25, 0.3) is 5.91 Å². The van der Waals surface area contributed by atoms with Crippen molar-refractivity contribution in [3.05, 3.63) is 33.3 Å². The Morgan fingerprint density at radius 1 is 1.41 bits per heavy atom. The van der Waals surface area contributed by atoms with E-state index in [9.17, 15) is 4.79 Å². The Morgan fingerprint density at radius 3 is 2.59 bits per heavy atom. The molecule has 0 aliphatic heterocycles. The standard InChI is InChI=1S/C13H17BrClNO/c1-13(2,3)6-7-16-12(17)9-4-5-11(15)10(14)8-9/h4-5,8H,6-7H2,1-3H3,(H,16,17). The predicted octanol–water partition coefficient (Wildman–Crippen LogP) is 4.27. The molecule has 0 aliphatic rings. The van der Waals surface area contributed by atoms with Gasteiger partial charge in [-0.05, 0) is 46.0 Å². The molecule has 0 bridgehead atoms. The Hall–Kier alpha value is -0.540. The van der Waals surface area contributed by atoms with E-state index in [1.165, 1.54) is 0 Å². The normalized spacial score (nSPS) is 11.4. The third-order valence-corrected chi connectivity index (χ3v) is 3.56. The number of rotatable bonds is 3. The molecule has 0 spiro atoms. The molecular formula is C13H17BrClNO. The summed E-state index contributed by atoms with van der Waals surface area (Å²) in [4.78, 5) is 11.8. The summed E-state index contributed by atoms with van der Waals surface area (Å²) in [6.07, 6.45) is 0.952. The second kappa shape index (κ2) is 5.87. The summed E-state index contributed by atoms with van der Waals surface area (Å²) >= 11 is 9.17. The van der Waals surface area contributed by atoms with Crippen LogP contribution >= 0.6 is 27.5 Å². The minimum Gasteiger partial charge on any atom is -0.352 e. The van der Waals surface area contributed by atoms with Crippen LogP contribution in [0.25, 0.3) is 0 Å². The molecule has 0 fully saturated rings. The van der Waals surface area contributed by atoms with Crippen molar-refractivity contribution in [3.63, 3.8) is 0 Å². The van der Waals surface area contributed by atoms with E-state index in [4.69, 9.17) is 11.6 Å². The van der Waals surface area contributed by atoms with E-state index in [-0.39, 0.29) is 11.3 Å². The van der Waals surface area contributed by atoms with Gasteiger partial charge in [-0.15, -0.1) is 0 Å². The number of amides is 1. The first kappa shape index (κ1) is 14.5. The van der Waals surface area contributed by atoms with E-state index in [0.717, 1.165) is 10.9 Å². The van der Waals surface area contributed by atoms with Gasteiger partial charge < -0.3 is 5.32 Å². The maximum Gasteiger partial charge on any atom is 0.251 e. The van der Waals surface area contributed by atoms with Gasteiger partial charge in [-0.3, -0.25) is 4.79 Å². The molecule has 0 atom stereocenters. The Balaban J connectivity index is 2.56. The first-order valence-electron chi connectivity index (χ1n) is 5.53. The lowest BCUT2D eigenvalue weighted by Gasteiger charge is -2.18. The molecule has 0 heterocycles. The van der Waals surface area contributed by atoms with E-state index < -0.39 is 0 Å². The lowest BCUT2D eigenvalue weighted by molar-refractivity contribution is 0.0949. The zero-order valence-corrected chi connectivity index (χ0v) is 12.7. The fourth-order valence-corrected chi connectivity index (χ4v) is 1.79. The molecule has 0 aromatic heterocycles. The van der Waals surface area contributed by atoms with Gasteiger partial charge in [0.05, 0.1) is 5.02 Å². The van der Waals surface area contributed by atoms with Crippen LogP contribution in [0.5, 0.6) is 0 Å². The van der Waals surface area contributed by atoms with Crippen LogP contribution in [-0.2, 0) is 0 Å². The monoisotopic (exact) mass is 317 g/mol. The molecule has 0 saturated carbocycles. The van der Waals surface area contributed by atoms with Crippen molar-refractivity contribution in [3.8, 4) is 0 Å². The van der Waals surface area contributed by atoms with Crippen LogP contribution in [-0.4, -0.2) is 12.5 Å². The van der Waals surface area contributed by atoms with E-state index in [1.807, 2.05) is 0 Å². The lowest BCUT2D eigenvalue weighted by atomic mass is 9.92. The Labute approximate surface area is 116 Å². The largest absolute Gasteiger partial charge is 0.352 e. The highest BCUT2D eigenvalue weighted by atomic mass is 79.9. The van der Waals surface area contributed by atoms with Gasteiger partial charge in [-0.1, -0.05) is 32.4 Å². The minimum atomic E-state index is -0.0633. The van der Waals surface area contributed by atoms with Gasteiger partial charge in [0.15, 0.2) is 0 Å². The Morgan fingerprint density at radius 2 is 2.06 bits per heavy atom. The van der Waals surface area contributed by atoms with Crippen molar-refractivity contribution in [2.24, 2.45) is 5.41 Å². The van der Waals surface area contributed by atoms with Crippen molar-refractivity contribution in [1.82, 2.24) is 5.32 Å². The van der Waals surface area contributed by atoms with Crippen LogP contribution < -0.4 is 5.32 Å². The van der Waals surface area contributed by atoms with Gasteiger partial charge in [0, 0.05) is 16.6 Å². The SMILES string of the molecule is CC(C)(C)CCNC(=O)c1ccc(Cl)c(Br)c1. The van der Waals surface area contributed by atoms with Gasteiger partial charge in [-0.25, -0.2) is 0 Å². The zero-order valence-electron chi connectivity index (χ0n) is 10.3. The number of carbonyl (C=O) groups excluding carboxylic acids is 1. The maximum atomic E-state index is 11.8. The summed E-state index contributed by atoms with van der Waals surface area (Å²) in [5, 5.41) is 3.51. The molecule has 17 heavy (non-hydrogen) atoms. The van der Waals surface area contributed by atoms with Gasteiger partial charge in [0.2, 0.25) is 0 Å². The summed E-state index contributed by atoms with van der Waals surface area (Å²) in [5.74, 6) is -0.0633. The first-order valence-corrected chi connectivity index (χ1v) is 6.70. The molecule has 0 aliphatic carbocycles. The molecule has 0 unspecified atom stereocenters. The Kier molecular flexibility index (Phi) is 5.02. The second-order valence-electron chi connectivity index (χ2n) is 5.20. The smallest absolute Gasteiger partial charge is 0.251 e. The number of nitrogens with one attached hydrogen (secondary N) is 1. The predicted molar refractivity (Wildman–Crippen MR) is 75.6 cm³/mol. The van der Waals surface area contributed by atoms with Gasteiger partial charge >= 0.3 is 0 Å². The van der Waals surface area contributed by atoms with E-state index in [1.54, 1.807) is 18.2 Å². The van der Waals surface area contributed by atoms with E-state index >= 15 is 0 Å². The lowest BCUT2D eigenvalue weighted by Crippen LogP contribution is -2.27. The third-order valence-electron chi connectivity index (χ3n) is 2.34. The quantitative estimate of drug-likeness (QED) is 0.886. The summed E-state index contributed by atoms with van der Waals surface area (Å²) in [5.41, 5.74) is 0.851. The minimum absolute atomic E-state index is 0.0633. The van der Waals surface area contributed by atoms with E-state index in [2.05, 4.69) is 42.0 Å². The van der Waals surface area contributed by atoms with E-state index in [0.29, 0.717) is 17.1 Å². The van der Waals surface area contributed by atoms with Crippen LogP contribution in [0.4, 0.5) is 0 Å². The average Bonchev–Trinajstić information content (AvgIpc) is 2.20. The number of benzene rings is 1. The van der Waals surface area contributed by atoms with Crippen LogP contribution in [0.1, 0.15) is 37.6 Å². The van der Waals surface area contributed by atoms with Crippen LogP contribution in [0.3, 0.4) is 0 Å². The number of halogens is 2. The fraction of sp³-hybridized carbons (Fsp3) is 0.462. The maximum absolute atomic E-state index is 11.8. The van der Waals surface area contributed by atoms with Crippen LogP contribution in [0, 0.1) is 5.41 Å². The molecule has 1 rings (SSSR count). The fourth-order valence-electron chi connectivity index (χ4n) is 1.29. The molecule has 1 aromatic rings. The first-order chi connectivity index (χ1) is 7.79. The number of hydrogen-bond donors (Lipinski definition) is 1. The molecule has 2 nitrogen and oxygen atoms in total. The van der Waals surface area contributed by atoms with Crippen molar-refractivity contribution in [1.29, 1.82) is 0 Å². The third kappa shape index (κ3) is 5.09. The summed E-state index contributed by atoms with van der Waals surface area (Å²) in [7, 11) is 0. The van der Waals surface area contributed by atoms with Crippen molar-refractivity contribution < 1.29 is 4.79 Å². The van der Waals surface area contributed by atoms with Crippen LogP contribution in [0.15, 0.2) is 22.7 Å². The highest BCUT2D eigenvalue weighted by molar-refractivity contribution is 9.10. The van der Waals surface area contributed by atoms with Crippen molar-refractivity contribution in [2.75, 3.05) is 6.54 Å². The van der Waals surface area contributed by atoms with Crippen LogP contribution in [0.2, 0.25) is 5.02 Å². The zero-order chi connectivity index (χ0) is 13.1. The molecular weight excluding hydrogens is 302 g/mol. The van der Waals surface area contributed by atoms with Gasteiger partial charge in [-0.2, -0.15) is 0 Å². The highest BCUT2D eigenvalue weighted by Crippen LogP contribution is 2.23. The molecule has 4 heteroatoms. The van der Waals surface area contributed by atoms with Crippen molar-refractivity contribution >= 4 is 33.4 Å². The van der Waals surface area contributed by atoms with Crippen molar-refractivity contribution in [2.45, 2.75) is 27.2 Å². The molecule has 1 amide bonds. The number of carbonyl (C=O) groups is 1. The number of hydrogen-bond acceptors (Lipinski definition) is 1. The molecule has 0 saturated heterocycles. The summed E-state index contributed by atoms with van der Waals surface area (Å²) in [6.45, 7) is 7.14. The molecule has 1 aromatic carbocycles. The van der Waals surface area contributed by atoms with Gasteiger partial charge in [0.1, 0.15) is 0 Å². The summed E-state index contributed by atoms with van der Waals surface area (Å²) in [6, 6.07) is 5.17. The average molecular weight is 319 g/mol. The molecule has 0 radical (unpaired) electrons.